The first-order valence-electron chi connectivity index (χ1n) is 3.90. The van der Waals surface area contributed by atoms with Crippen LogP contribution in [0.2, 0.25) is 0 Å². The minimum atomic E-state index is -3.40. The maximum Gasteiger partial charge on any atom is 0.242 e. The fraction of sp³-hybridized carbons (Fsp3) is 0.125. The third-order valence-corrected chi connectivity index (χ3v) is 4.20. The molecular formula is C8H8N2O2S2. The Morgan fingerprint density at radius 3 is 2.93 bits per heavy atom. The standard InChI is InChI=1S/C8H8N2O2S2/c1-9-14(11,12)8-5-10-4-7-6(8)2-3-13-7/h2-5,9H,1H3. The van der Waals surface area contributed by atoms with Crippen LogP contribution in [0.25, 0.3) is 10.1 Å². The Morgan fingerprint density at radius 2 is 2.21 bits per heavy atom. The highest BCUT2D eigenvalue weighted by Gasteiger charge is 2.15. The van der Waals surface area contributed by atoms with E-state index in [4.69, 9.17) is 0 Å². The van der Waals surface area contributed by atoms with E-state index in [2.05, 4.69) is 9.71 Å². The molecule has 2 rings (SSSR count). The van der Waals surface area contributed by atoms with Crippen LogP contribution in [0.15, 0.2) is 28.7 Å². The summed E-state index contributed by atoms with van der Waals surface area (Å²) in [4.78, 5) is 4.13. The molecule has 2 aromatic rings. The smallest absolute Gasteiger partial charge is 0.242 e. The van der Waals surface area contributed by atoms with Crippen molar-refractivity contribution in [3.63, 3.8) is 0 Å². The van der Waals surface area contributed by atoms with Gasteiger partial charge in [0.25, 0.3) is 0 Å². The SMILES string of the molecule is CNS(=O)(=O)c1cncc2sccc12. The van der Waals surface area contributed by atoms with Crippen LogP contribution >= 0.6 is 11.3 Å². The second kappa shape index (κ2) is 3.30. The zero-order valence-electron chi connectivity index (χ0n) is 7.39. The summed E-state index contributed by atoms with van der Waals surface area (Å²) in [6, 6.07) is 1.78. The highest BCUT2D eigenvalue weighted by molar-refractivity contribution is 7.89. The summed E-state index contributed by atoms with van der Waals surface area (Å²) in [6.07, 6.45) is 3.02. The van der Waals surface area contributed by atoms with Gasteiger partial charge in [0.2, 0.25) is 10.0 Å². The van der Waals surface area contributed by atoms with E-state index in [-0.39, 0.29) is 4.90 Å². The Bertz CT molecular complexity index is 559. The molecule has 6 heteroatoms. The summed E-state index contributed by atoms with van der Waals surface area (Å²) in [5.74, 6) is 0. The molecule has 2 heterocycles. The zero-order chi connectivity index (χ0) is 10.2. The molecule has 4 nitrogen and oxygen atoms in total. The molecule has 0 saturated carbocycles. The predicted octanol–water partition coefficient (Wildman–Crippen LogP) is 1.20. The molecule has 0 bridgehead atoms. The molecule has 0 amide bonds. The molecule has 0 aliphatic carbocycles. The lowest BCUT2D eigenvalue weighted by Crippen LogP contribution is -2.18. The van der Waals surface area contributed by atoms with E-state index in [0.29, 0.717) is 0 Å². The van der Waals surface area contributed by atoms with E-state index in [1.807, 2.05) is 5.38 Å². The number of hydrogen-bond acceptors (Lipinski definition) is 4. The van der Waals surface area contributed by atoms with Gasteiger partial charge >= 0.3 is 0 Å². The van der Waals surface area contributed by atoms with Crippen LogP contribution in [0.5, 0.6) is 0 Å². The van der Waals surface area contributed by atoms with Gasteiger partial charge < -0.3 is 0 Å². The Kier molecular flexibility index (Phi) is 2.26. The second-order valence-corrected chi connectivity index (χ2v) is 5.48. The molecule has 0 aromatic carbocycles. The van der Waals surface area contributed by atoms with Crippen LogP contribution in [0.1, 0.15) is 0 Å². The topological polar surface area (TPSA) is 59.1 Å². The number of aromatic nitrogens is 1. The first kappa shape index (κ1) is 9.57. The number of sulfonamides is 1. The Hall–Kier alpha value is -0.980. The average molecular weight is 228 g/mol. The van der Waals surface area contributed by atoms with Gasteiger partial charge in [-0.25, -0.2) is 13.1 Å². The molecule has 14 heavy (non-hydrogen) atoms. The van der Waals surface area contributed by atoms with E-state index in [1.165, 1.54) is 24.6 Å². The quantitative estimate of drug-likeness (QED) is 0.840. The fourth-order valence-corrected chi connectivity index (χ4v) is 2.92. The molecule has 74 valence electrons. The van der Waals surface area contributed by atoms with Gasteiger partial charge in [-0.3, -0.25) is 4.98 Å². The Morgan fingerprint density at radius 1 is 1.43 bits per heavy atom. The molecular weight excluding hydrogens is 220 g/mol. The van der Waals surface area contributed by atoms with Crippen molar-refractivity contribution < 1.29 is 8.42 Å². The van der Waals surface area contributed by atoms with Crippen LogP contribution < -0.4 is 4.72 Å². The lowest BCUT2D eigenvalue weighted by Gasteiger charge is -2.02. The number of nitrogens with one attached hydrogen (secondary N) is 1. The second-order valence-electron chi connectivity index (χ2n) is 2.68. The molecule has 1 N–H and O–H groups in total. The van der Waals surface area contributed by atoms with Crippen molar-refractivity contribution in [3.05, 3.63) is 23.8 Å². The molecule has 0 aliphatic heterocycles. The number of fused-ring (bicyclic) bond motifs is 1. The van der Waals surface area contributed by atoms with Gasteiger partial charge in [0.15, 0.2) is 0 Å². The van der Waals surface area contributed by atoms with Crippen LogP contribution in [0, 0.1) is 0 Å². The van der Waals surface area contributed by atoms with E-state index in [0.717, 1.165) is 10.1 Å². The monoisotopic (exact) mass is 228 g/mol. The lowest BCUT2D eigenvalue weighted by atomic mass is 10.3. The summed E-state index contributed by atoms with van der Waals surface area (Å²) in [7, 11) is -2.01. The van der Waals surface area contributed by atoms with Crippen molar-refractivity contribution >= 4 is 31.4 Å². The minimum Gasteiger partial charge on any atom is -0.262 e. The van der Waals surface area contributed by atoms with Gasteiger partial charge in [0.1, 0.15) is 4.90 Å². The minimum absolute atomic E-state index is 0.235. The molecule has 0 radical (unpaired) electrons. The summed E-state index contributed by atoms with van der Waals surface area (Å²) >= 11 is 1.47. The van der Waals surface area contributed by atoms with Crippen LogP contribution in [-0.4, -0.2) is 20.4 Å². The summed E-state index contributed by atoms with van der Waals surface area (Å²) in [5.41, 5.74) is 0. The third-order valence-electron chi connectivity index (χ3n) is 1.90. The number of pyridine rings is 1. The van der Waals surface area contributed by atoms with Crippen molar-refractivity contribution in [2.75, 3.05) is 7.05 Å². The first-order valence-corrected chi connectivity index (χ1v) is 6.26. The average Bonchev–Trinajstić information content (AvgIpc) is 2.64. The summed E-state index contributed by atoms with van der Waals surface area (Å²) in [6.45, 7) is 0. The number of rotatable bonds is 2. The largest absolute Gasteiger partial charge is 0.262 e. The van der Waals surface area contributed by atoms with Crippen LogP contribution in [0.4, 0.5) is 0 Å². The van der Waals surface area contributed by atoms with Gasteiger partial charge in [0.05, 0.1) is 4.70 Å². The van der Waals surface area contributed by atoms with Crippen LogP contribution in [0.3, 0.4) is 0 Å². The van der Waals surface area contributed by atoms with Gasteiger partial charge in [-0.2, -0.15) is 0 Å². The Balaban J connectivity index is 2.81. The van der Waals surface area contributed by atoms with E-state index >= 15 is 0 Å². The normalized spacial score (nSPS) is 12.1. The van der Waals surface area contributed by atoms with Crippen molar-refractivity contribution in [1.29, 1.82) is 0 Å². The van der Waals surface area contributed by atoms with Crippen molar-refractivity contribution in [3.8, 4) is 0 Å². The van der Waals surface area contributed by atoms with Crippen molar-refractivity contribution in [2.24, 2.45) is 0 Å². The van der Waals surface area contributed by atoms with E-state index in [1.54, 1.807) is 12.3 Å². The number of hydrogen-bond donors (Lipinski definition) is 1. The highest BCUT2D eigenvalue weighted by Crippen LogP contribution is 2.25. The highest BCUT2D eigenvalue weighted by atomic mass is 32.2. The van der Waals surface area contributed by atoms with Crippen LogP contribution in [-0.2, 0) is 10.0 Å². The van der Waals surface area contributed by atoms with Gasteiger partial charge in [-0.1, -0.05) is 0 Å². The molecule has 0 aliphatic rings. The number of nitrogens with zero attached hydrogens (tertiary/aromatic N) is 1. The molecule has 0 atom stereocenters. The Labute approximate surface area is 85.6 Å². The number of thiophene rings is 1. The maximum atomic E-state index is 11.6. The van der Waals surface area contributed by atoms with Crippen molar-refractivity contribution in [2.45, 2.75) is 4.90 Å². The van der Waals surface area contributed by atoms with E-state index in [9.17, 15) is 8.42 Å². The molecule has 0 unspecified atom stereocenters. The molecule has 0 saturated heterocycles. The van der Waals surface area contributed by atoms with Gasteiger partial charge in [-0.05, 0) is 18.5 Å². The fourth-order valence-electron chi connectivity index (χ4n) is 1.19. The zero-order valence-corrected chi connectivity index (χ0v) is 9.02. The van der Waals surface area contributed by atoms with Crippen molar-refractivity contribution in [1.82, 2.24) is 9.71 Å². The molecule has 0 fully saturated rings. The maximum absolute atomic E-state index is 11.6. The lowest BCUT2D eigenvalue weighted by molar-refractivity contribution is 0.589. The third kappa shape index (κ3) is 1.41. The molecule has 2 aromatic heterocycles. The summed E-state index contributed by atoms with van der Waals surface area (Å²) in [5, 5.41) is 2.57. The predicted molar refractivity (Wildman–Crippen MR) is 55.9 cm³/mol. The summed E-state index contributed by atoms with van der Waals surface area (Å²) < 4.78 is 26.3. The van der Waals surface area contributed by atoms with E-state index < -0.39 is 10.0 Å². The van der Waals surface area contributed by atoms with Gasteiger partial charge in [0, 0.05) is 17.8 Å². The van der Waals surface area contributed by atoms with Gasteiger partial charge in [-0.15, -0.1) is 11.3 Å². The first-order chi connectivity index (χ1) is 6.65. The molecule has 0 spiro atoms.